The van der Waals surface area contributed by atoms with Crippen molar-refractivity contribution in [1.29, 1.82) is 0 Å². The van der Waals surface area contributed by atoms with Crippen LogP contribution in [0.15, 0.2) is 36.4 Å². The first-order valence-corrected chi connectivity index (χ1v) is 6.97. The number of phenolic OH excluding ortho intramolecular Hbond substituents is 1. The molecule has 2 aromatic carbocycles. The number of anilines is 1. The zero-order chi connectivity index (χ0) is 16.1. The number of methoxy groups -OCH3 is 1. The molecule has 2 N–H and O–H groups in total. The first-order chi connectivity index (χ1) is 10.6. The van der Waals surface area contributed by atoms with Crippen LogP contribution >= 0.6 is 0 Å². The van der Waals surface area contributed by atoms with Gasteiger partial charge < -0.3 is 19.9 Å². The van der Waals surface area contributed by atoms with Crippen molar-refractivity contribution in [3.05, 3.63) is 47.5 Å². The van der Waals surface area contributed by atoms with Gasteiger partial charge in [-0.3, -0.25) is 4.79 Å². The van der Waals surface area contributed by atoms with Crippen LogP contribution in [-0.2, 0) is 0 Å². The van der Waals surface area contributed by atoms with Crippen LogP contribution in [0.4, 0.5) is 5.69 Å². The maximum absolute atomic E-state index is 12.3. The highest BCUT2D eigenvalue weighted by molar-refractivity contribution is 6.06. The number of amides is 1. The third kappa shape index (κ3) is 3.31. The lowest BCUT2D eigenvalue weighted by atomic mass is 10.1. The molecule has 0 bridgehead atoms. The fourth-order valence-corrected chi connectivity index (χ4v) is 2.06. The second kappa shape index (κ2) is 6.85. The van der Waals surface area contributed by atoms with Crippen molar-refractivity contribution in [2.45, 2.75) is 13.8 Å². The number of ether oxygens (including phenoxy) is 2. The molecule has 0 aromatic heterocycles. The summed E-state index contributed by atoms with van der Waals surface area (Å²) >= 11 is 0. The molecule has 0 aliphatic heterocycles. The van der Waals surface area contributed by atoms with E-state index in [2.05, 4.69) is 5.32 Å². The number of hydrogen-bond acceptors (Lipinski definition) is 4. The predicted octanol–water partition coefficient (Wildman–Crippen LogP) is 3.36. The van der Waals surface area contributed by atoms with Crippen LogP contribution in [0.25, 0.3) is 0 Å². The van der Waals surface area contributed by atoms with Gasteiger partial charge in [0.2, 0.25) is 0 Å². The summed E-state index contributed by atoms with van der Waals surface area (Å²) in [7, 11) is 1.56. The maximum Gasteiger partial charge on any atom is 0.259 e. The van der Waals surface area contributed by atoms with Crippen molar-refractivity contribution in [2.75, 3.05) is 19.0 Å². The molecular formula is C17H19NO4. The monoisotopic (exact) mass is 301 g/mol. The molecule has 2 rings (SSSR count). The molecule has 2 aromatic rings. The van der Waals surface area contributed by atoms with Gasteiger partial charge in [-0.25, -0.2) is 0 Å². The second-order valence-electron chi connectivity index (χ2n) is 4.72. The molecular weight excluding hydrogens is 282 g/mol. The van der Waals surface area contributed by atoms with Gasteiger partial charge in [0.15, 0.2) is 11.5 Å². The van der Waals surface area contributed by atoms with E-state index < -0.39 is 0 Å². The number of rotatable bonds is 5. The fraction of sp³-hybridized carbons (Fsp3) is 0.235. The number of hydrogen-bond donors (Lipinski definition) is 2. The molecule has 0 saturated carbocycles. The van der Waals surface area contributed by atoms with E-state index in [9.17, 15) is 9.90 Å². The first kappa shape index (κ1) is 15.7. The van der Waals surface area contributed by atoms with Crippen molar-refractivity contribution in [1.82, 2.24) is 0 Å². The number of nitrogens with one attached hydrogen (secondary N) is 1. The van der Waals surface area contributed by atoms with Crippen molar-refractivity contribution < 1.29 is 19.4 Å². The van der Waals surface area contributed by atoms with Crippen molar-refractivity contribution in [3.8, 4) is 17.2 Å². The summed E-state index contributed by atoms with van der Waals surface area (Å²) in [6, 6.07) is 10.2. The highest BCUT2D eigenvalue weighted by Gasteiger charge is 2.14. The summed E-state index contributed by atoms with van der Waals surface area (Å²) < 4.78 is 10.7. The Labute approximate surface area is 129 Å². The van der Waals surface area contributed by atoms with Crippen molar-refractivity contribution in [3.63, 3.8) is 0 Å². The zero-order valence-electron chi connectivity index (χ0n) is 12.8. The van der Waals surface area contributed by atoms with Gasteiger partial charge in [-0.15, -0.1) is 0 Å². The number of carbonyl (C=O) groups is 1. The Balaban J connectivity index is 2.25. The average Bonchev–Trinajstić information content (AvgIpc) is 2.50. The Bertz CT molecular complexity index is 682. The first-order valence-electron chi connectivity index (χ1n) is 6.97. The molecule has 0 fully saturated rings. The predicted molar refractivity (Wildman–Crippen MR) is 85.0 cm³/mol. The zero-order valence-corrected chi connectivity index (χ0v) is 12.8. The molecule has 0 aliphatic rings. The topological polar surface area (TPSA) is 67.8 Å². The molecule has 1 amide bonds. The van der Waals surface area contributed by atoms with E-state index >= 15 is 0 Å². The largest absolute Gasteiger partial charge is 0.507 e. The van der Waals surface area contributed by atoms with E-state index in [1.165, 1.54) is 0 Å². The lowest BCUT2D eigenvalue weighted by molar-refractivity contribution is 0.102. The number of phenols is 1. The molecule has 0 unspecified atom stereocenters. The number of benzene rings is 2. The minimum Gasteiger partial charge on any atom is -0.507 e. The fourth-order valence-electron chi connectivity index (χ4n) is 2.06. The summed E-state index contributed by atoms with van der Waals surface area (Å²) in [6.45, 7) is 4.11. The number of aryl methyl sites for hydroxylation is 1. The Morgan fingerprint density at radius 2 is 2.00 bits per heavy atom. The molecule has 0 radical (unpaired) electrons. The minimum atomic E-state index is -0.381. The smallest absolute Gasteiger partial charge is 0.259 e. The van der Waals surface area contributed by atoms with E-state index in [0.29, 0.717) is 29.4 Å². The molecule has 116 valence electrons. The van der Waals surface area contributed by atoms with Gasteiger partial charge >= 0.3 is 0 Å². The molecule has 0 saturated heterocycles. The quantitative estimate of drug-likeness (QED) is 0.888. The minimum absolute atomic E-state index is 0.0152. The SMILES string of the molecule is CCOc1cc(NC(=O)c2cccc(C)c2O)ccc1OC. The van der Waals surface area contributed by atoms with Gasteiger partial charge in [-0.1, -0.05) is 12.1 Å². The summed E-state index contributed by atoms with van der Waals surface area (Å²) in [5.74, 6) is 0.752. The van der Waals surface area contributed by atoms with E-state index in [4.69, 9.17) is 9.47 Å². The van der Waals surface area contributed by atoms with Crippen LogP contribution in [0, 0.1) is 6.92 Å². The highest BCUT2D eigenvalue weighted by Crippen LogP contribution is 2.31. The van der Waals surface area contributed by atoms with E-state index in [0.717, 1.165) is 0 Å². The summed E-state index contributed by atoms with van der Waals surface area (Å²) in [6.07, 6.45) is 0. The standard InChI is InChI=1S/C17H19NO4/c1-4-22-15-10-12(8-9-14(15)21-3)18-17(20)13-7-5-6-11(2)16(13)19/h5-10,19H,4H2,1-3H3,(H,18,20). The van der Waals surface area contributed by atoms with Gasteiger partial charge in [-0.05, 0) is 37.6 Å². The maximum atomic E-state index is 12.3. The highest BCUT2D eigenvalue weighted by atomic mass is 16.5. The Hall–Kier alpha value is -2.69. The van der Waals surface area contributed by atoms with Gasteiger partial charge in [0, 0.05) is 11.8 Å². The molecule has 5 heteroatoms. The summed E-state index contributed by atoms with van der Waals surface area (Å²) in [5, 5.41) is 12.7. The van der Waals surface area contributed by atoms with Gasteiger partial charge in [0.05, 0.1) is 19.3 Å². The normalized spacial score (nSPS) is 10.1. The molecule has 0 aliphatic carbocycles. The Morgan fingerprint density at radius 3 is 2.68 bits per heavy atom. The number of aromatic hydroxyl groups is 1. The van der Waals surface area contributed by atoms with E-state index in [1.54, 1.807) is 50.4 Å². The van der Waals surface area contributed by atoms with Crippen LogP contribution in [0.2, 0.25) is 0 Å². The summed E-state index contributed by atoms with van der Waals surface area (Å²) in [4.78, 5) is 12.3. The van der Waals surface area contributed by atoms with E-state index in [1.807, 2.05) is 6.92 Å². The lowest BCUT2D eigenvalue weighted by Gasteiger charge is -2.12. The van der Waals surface area contributed by atoms with Crippen LogP contribution in [0.5, 0.6) is 17.2 Å². The third-order valence-corrected chi connectivity index (χ3v) is 3.20. The van der Waals surface area contributed by atoms with E-state index in [-0.39, 0.29) is 17.2 Å². The lowest BCUT2D eigenvalue weighted by Crippen LogP contribution is -2.12. The molecule has 22 heavy (non-hydrogen) atoms. The third-order valence-electron chi connectivity index (χ3n) is 3.20. The molecule has 0 heterocycles. The van der Waals surface area contributed by atoms with Gasteiger partial charge in [0.25, 0.3) is 5.91 Å². The van der Waals surface area contributed by atoms with Crippen molar-refractivity contribution >= 4 is 11.6 Å². The summed E-state index contributed by atoms with van der Waals surface area (Å²) in [5.41, 5.74) is 1.45. The Kier molecular flexibility index (Phi) is 4.88. The second-order valence-corrected chi connectivity index (χ2v) is 4.72. The number of para-hydroxylation sites is 1. The van der Waals surface area contributed by atoms with Crippen LogP contribution < -0.4 is 14.8 Å². The van der Waals surface area contributed by atoms with Crippen LogP contribution in [0.3, 0.4) is 0 Å². The van der Waals surface area contributed by atoms with Crippen LogP contribution in [0.1, 0.15) is 22.8 Å². The molecule has 0 spiro atoms. The van der Waals surface area contributed by atoms with Gasteiger partial charge in [-0.2, -0.15) is 0 Å². The molecule has 5 nitrogen and oxygen atoms in total. The van der Waals surface area contributed by atoms with Crippen LogP contribution in [-0.4, -0.2) is 24.7 Å². The number of carbonyl (C=O) groups excluding carboxylic acids is 1. The van der Waals surface area contributed by atoms with Crippen molar-refractivity contribution in [2.24, 2.45) is 0 Å². The van der Waals surface area contributed by atoms with Gasteiger partial charge in [0.1, 0.15) is 5.75 Å². The average molecular weight is 301 g/mol. The Morgan fingerprint density at radius 1 is 1.23 bits per heavy atom. The molecule has 0 atom stereocenters.